The maximum Gasteiger partial charge on any atom is 0.328 e. The monoisotopic (exact) mass is 507 g/mol. The van der Waals surface area contributed by atoms with Crippen molar-refractivity contribution >= 4 is 29.9 Å². The molecule has 194 valence electrons. The Morgan fingerprint density at radius 3 is 2.84 bits per heavy atom. The first-order chi connectivity index (χ1) is 17.9. The molecule has 1 fully saturated rings. The number of carbonyl (C=O) groups excluding carboxylic acids is 3. The molecule has 37 heavy (non-hydrogen) atoms. The molecule has 0 atom stereocenters. The third-order valence-corrected chi connectivity index (χ3v) is 6.27. The molecule has 0 bridgehead atoms. The Balaban J connectivity index is 1.53. The van der Waals surface area contributed by atoms with Crippen molar-refractivity contribution in [3.05, 3.63) is 40.7 Å². The van der Waals surface area contributed by atoms with Crippen LogP contribution in [0.2, 0.25) is 0 Å². The summed E-state index contributed by atoms with van der Waals surface area (Å²) >= 11 is 0. The van der Waals surface area contributed by atoms with Gasteiger partial charge in [0.25, 0.3) is 0 Å². The molecule has 0 saturated carbocycles. The minimum Gasteiger partial charge on any atom is -0.490 e. The highest BCUT2D eigenvalue weighted by Gasteiger charge is 2.28. The van der Waals surface area contributed by atoms with E-state index in [-0.39, 0.29) is 35.3 Å². The van der Waals surface area contributed by atoms with E-state index in [1.54, 1.807) is 12.0 Å². The van der Waals surface area contributed by atoms with Crippen LogP contribution in [0.4, 0.5) is 16.4 Å². The summed E-state index contributed by atoms with van der Waals surface area (Å²) in [5, 5.41) is 12.0. The highest BCUT2D eigenvalue weighted by Crippen LogP contribution is 2.29. The van der Waals surface area contributed by atoms with Gasteiger partial charge in [-0.05, 0) is 31.5 Å². The zero-order valence-electron chi connectivity index (χ0n) is 20.9. The lowest BCUT2D eigenvalue weighted by atomic mass is 10.0. The topological polar surface area (TPSA) is 141 Å². The number of fused-ring (bicyclic) bond motifs is 1. The number of urea groups is 1. The SMILES string of the molecule is COCCOc1cc(NC(=O)N2CCCc3cc(CN4CCN(C)CC4=O)c(C=O)nc32)ncc1C#N. The summed E-state index contributed by atoms with van der Waals surface area (Å²) in [5.74, 6) is 0.909. The van der Waals surface area contributed by atoms with E-state index in [0.717, 1.165) is 12.1 Å². The fraction of sp³-hybridized carbons (Fsp3) is 0.440. The van der Waals surface area contributed by atoms with Crippen LogP contribution >= 0.6 is 0 Å². The molecular formula is C25H29N7O5. The number of nitrogens with zero attached hydrogens (tertiary/aromatic N) is 6. The van der Waals surface area contributed by atoms with Gasteiger partial charge in [0, 0.05) is 44.9 Å². The minimum absolute atomic E-state index is 0.00445. The van der Waals surface area contributed by atoms with Gasteiger partial charge in [-0.1, -0.05) is 0 Å². The number of ether oxygens (including phenoxy) is 2. The molecule has 1 saturated heterocycles. The lowest BCUT2D eigenvalue weighted by Gasteiger charge is -2.33. The Bertz CT molecular complexity index is 1230. The highest BCUT2D eigenvalue weighted by atomic mass is 16.5. The largest absolute Gasteiger partial charge is 0.490 e. The number of nitrogens with one attached hydrogen (secondary N) is 1. The second-order valence-corrected chi connectivity index (χ2v) is 8.89. The van der Waals surface area contributed by atoms with Gasteiger partial charge in [-0.2, -0.15) is 5.26 Å². The summed E-state index contributed by atoms with van der Waals surface area (Å²) in [6.45, 7) is 2.97. The van der Waals surface area contributed by atoms with E-state index < -0.39 is 6.03 Å². The number of pyridine rings is 2. The number of aldehydes is 1. The molecule has 0 unspecified atom stereocenters. The average molecular weight is 508 g/mol. The van der Waals surface area contributed by atoms with E-state index >= 15 is 0 Å². The van der Waals surface area contributed by atoms with Crippen molar-refractivity contribution < 1.29 is 23.9 Å². The molecule has 4 rings (SSSR count). The molecule has 4 heterocycles. The van der Waals surface area contributed by atoms with Gasteiger partial charge in [0.05, 0.1) is 19.3 Å². The van der Waals surface area contributed by atoms with Gasteiger partial charge >= 0.3 is 6.03 Å². The minimum atomic E-state index is -0.465. The van der Waals surface area contributed by atoms with Crippen LogP contribution in [-0.2, 0) is 22.5 Å². The van der Waals surface area contributed by atoms with Crippen LogP contribution < -0.4 is 15.0 Å². The third-order valence-electron chi connectivity index (χ3n) is 6.27. The zero-order valence-corrected chi connectivity index (χ0v) is 20.9. The van der Waals surface area contributed by atoms with Crippen molar-refractivity contribution in [2.45, 2.75) is 19.4 Å². The number of rotatable bonds is 8. The Kier molecular flexibility index (Phi) is 8.27. The quantitative estimate of drug-likeness (QED) is 0.415. The molecule has 0 spiro atoms. The fourth-order valence-corrected chi connectivity index (χ4v) is 4.30. The number of aryl methyl sites for hydroxylation is 1. The van der Waals surface area contributed by atoms with Gasteiger partial charge in [-0.15, -0.1) is 0 Å². The summed E-state index contributed by atoms with van der Waals surface area (Å²) in [7, 11) is 3.44. The molecule has 2 aromatic rings. The van der Waals surface area contributed by atoms with E-state index in [4.69, 9.17) is 9.47 Å². The molecule has 12 heteroatoms. The highest BCUT2D eigenvalue weighted by molar-refractivity contribution is 6.01. The molecule has 2 aromatic heterocycles. The summed E-state index contributed by atoms with van der Waals surface area (Å²) in [5.41, 5.74) is 1.94. The van der Waals surface area contributed by atoms with Crippen molar-refractivity contribution in [2.75, 3.05) is 63.8 Å². The van der Waals surface area contributed by atoms with Crippen LogP contribution in [-0.4, -0.2) is 91.5 Å². The summed E-state index contributed by atoms with van der Waals surface area (Å²) in [4.78, 5) is 51.4. The number of amides is 3. The van der Waals surface area contributed by atoms with Gasteiger partial charge in [0.1, 0.15) is 41.3 Å². The number of methoxy groups -OCH3 is 1. The number of nitriles is 1. The molecule has 0 radical (unpaired) electrons. The first-order valence-electron chi connectivity index (χ1n) is 12.0. The van der Waals surface area contributed by atoms with Crippen molar-refractivity contribution in [3.8, 4) is 11.8 Å². The second-order valence-electron chi connectivity index (χ2n) is 8.89. The van der Waals surface area contributed by atoms with Gasteiger partial charge < -0.3 is 14.4 Å². The summed E-state index contributed by atoms with van der Waals surface area (Å²) < 4.78 is 10.5. The van der Waals surface area contributed by atoms with Crippen molar-refractivity contribution in [3.63, 3.8) is 0 Å². The molecular weight excluding hydrogens is 478 g/mol. The Hall–Kier alpha value is -4.08. The number of anilines is 2. The summed E-state index contributed by atoms with van der Waals surface area (Å²) in [6.07, 6.45) is 3.40. The zero-order chi connectivity index (χ0) is 26.4. The van der Waals surface area contributed by atoms with Crippen LogP contribution in [0.15, 0.2) is 18.3 Å². The molecule has 2 aliphatic rings. The van der Waals surface area contributed by atoms with Gasteiger partial charge in [-0.25, -0.2) is 14.8 Å². The Morgan fingerprint density at radius 2 is 2.11 bits per heavy atom. The molecule has 0 aromatic carbocycles. The predicted octanol–water partition coefficient (Wildman–Crippen LogP) is 1.44. The average Bonchev–Trinajstić information content (AvgIpc) is 2.89. The number of likely N-dealkylation sites (N-methyl/N-ethyl adjacent to an activating group) is 1. The van der Waals surface area contributed by atoms with Crippen LogP contribution in [0.3, 0.4) is 0 Å². The molecule has 1 N–H and O–H groups in total. The van der Waals surface area contributed by atoms with Crippen LogP contribution in [0, 0.1) is 11.3 Å². The van der Waals surface area contributed by atoms with E-state index in [9.17, 15) is 19.6 Å². The standard InChI is InChI=1S/C25H29N7O5/c1-30-6-7-31(23(34)15-30)14-18-10-17-4-3-5-32(24(17)28-20(18)16-33)25(35)29-22-11-21(37-9-8-36-2)19(12-26)13-27-22/h10-11,13,16H,3-9,14-15H2,1-2H3,(H,27,29,35). The predicted molar refractivity (Wildman–Crippen MR) is 134 cm³/mol. The maximum atomic E-state index is 13.2. The van der Waals surface area contributed by atoms with Gasteiger partial charge in [-0.3, -0.25) is 24.7 Å². The van der Waals surface area contributed by atoms with Crippen molar-refractivity contribution in [1.29, 1.82) is 5.26 Å². The van der Waals surface area contributed by atoms with Crippen molar-refractivity contribution in [2.24, 2.45) is 0 Å². The summed E-state index contributed by atoms with van der Waals surface area (Å²) in [6, 6.07) is 4.90. The number of aromatic nitrogens is 2. The van der Waals surface area contributed by atoms with Crippen LogP contribution in [0.5, 0.6) is 5.75 Å². The van der Waals surface area contributed by atoms with E-state index in [2.05, 4.69) is 15.3 Å². The van der Waals surface area contributed by atoms with Gasteiger partial charge in [0.2, 0.25) is 5.91 Å². The molecule has 12 nitrogen and oxygen atoms in total. The molecule has 0 aliphatic carbocycles. The number of hydrogen-bond donors (Lipinski definition) is 1. The number of piperazine rings is 1. The maximum absolute atomic E-state index is 13.2. The normalized spacial score (nSPS) is 15.6. The van der Waals surface area contributed by atoms with E-state index in [0.29, 0.717) is 63.3 Å². The second kappa shape index (κ2) is 11.8. The Morgan fingerprint density at radius 1 is 1.27 bits per heavy atom. The lowest BCUT2D eigenvalue weighted by molar-refractivity contribution is -0.136. The number of hydrogen-bond acceptors (Lipinski definition) is 9. The van der Waals surface area contributed by atoms with E-state index in [1.165, 1.54) is 17.2 Å². The molecule has 2 aliphatic heterocycles. The molecule has 3 amide bonds. The van der Waals surface area contributed by atoms with Crippen molar-refractivity contribution in [1.82, 2.24) is 19.8 Å². The fourth-order valence-electron chi connectivity index (χ4n) is 4.30. The smallest absolute Gasteiger partial charge is 0.328 e. The van der Waals surface area contributed by atoms with E-state index in [1.807, 2.05) is 24.1 Å². The van der Waals surface area contributed by atoms with Crippen LogP contribution in [0.1, 0.15) is 33.6 Å². The first-order valence-corrected chi connectivity index (χ1v) is 12.0. The van der Waals surface area contributed by atoms with Crippen LogP contribution in [0.25, 0.3) is 0 Å². The number of carbonyl (C=O) groups is 3. The third kappa shape index (κ3) is 6.02. The first kappa shape index (κ1) is 26.0. The van der Waals surface area contributed by atoms with Gasteiger partial charge in [0.15, 0.2) is 6.29 Å². The lowest BCUT2D eigenvalue weighted by Crippen LogP contribution is -2.48. The Labute approximate surface area is 214 Å².